The first kappa shape index (κ1) is 24.6. The molecule has 0 atom stereocenters. The molecule has 0 spiro atoms. The Labute approximate surface area is 185 Å². The molecular weight excluding hydrogens is 446 g/mol. The maximum atomic E-state index is 13.9. The number of nitrogens with zero attached hydrogens (tertiary/aromatic N) is 1. The SMILES string of the molecule is CCOC(=O)c1c(C)nc(C)c([P+]2(O)OCC(C)(C)CO2)c1-c1ccccc1C(F)(F)F. The molecule has 2 aromatic rings. The molecule has 0 unspecified atom stereocenters. The Morgan fingerprint density at radius 2 is 1.78 bits per heavy atom. The van der Waals surface area contributed by atoms with Gasteiger partial charge in [0.2, 0.25) is 5.30 Å². The minimum absolute atomic E-state index is 0.0163. The lowest BCUT2D eigenvalue weighted by molar-refractivity contribution is -0.137. The first-order valence-corrected chi connectivity index (χ1v) is 11.6. The Morgan fingerprint density at radius 1 is 1.19 bits per heavy atom. The number of carbonyl (C=O) groups is 1. The third-order valence-corrected chi connectivity index (χ3v) is 7.12. The van der Waals surface area contributed by atoms with Crippen molar-refractivity contribution in [2.45, 2.75) is 40.8 Å². The van der Waals surface area contributed by atoms with Gasteiger partial charge >= 0.3 is 20.1 Å². The van der Waals surface area contributed by atoms with Crippen LogP contribution in [-0.2, 0) is 20.0 Å². The molecule has 0 amide bonds. The summed E-state index contributed by atoms with van der Waals surface area (Å²) in [5.74, 6) is -0.838. The molecule has 3 rings (SSSR count). The number of hydrogen-bond acceptors (Lipinski definition) is 6. The molecule has 174 valence electrons. The molecule has 0 aliphatic carbocycles. The van der Waals surface area contributed by atoms with Gasteiger partial charge in [-0.05, 0) is 32.4 Å². The largest absolute Gasteiger partial charge is 0.462 e. The zero-order chi connectivity index (χ0) is 23.9. The number of carbonyl (C=O) groups excluding carboxylic acids is 1. The van der Waals surface area contributed by atoms with Gasteiger partial charge in [0.25, 0.3) is 0 Å². The number of hydrogen-bond donors (Lipinski definition) is 1. The van der Waals surface area contributed by atoms with E-state index in [0.717, 1.165) is 6.07 Å². The van der Waals surface area contributed by atoms with Crippen molar-refractivity contribution in [1.29, 1.82) is 0 Å². The average molecular weight is 472 g/mol. The second kappa shape index (κ2) is 8.71. The predicted molar refractivity (Wildman–Crippen MR) is 115 cm³/mol. The van der Waals surface area contributed by atoms with Crippen LogP contribution in [0.1, 0.15) is 48.1 Å². The first-order chi connectivity index (χ1) is 14.8. The van der Waals surface area contributed by atoms with Crippen LogP contribution in [0.5, 0.6) is 0 Å². The zero-order valence-electron chi connectivity index (χ0n) is 18.5. The van der Waals surface area contributed by atoms with Crippen molar-refractivity contribution >= 4 is 19.2 Å². The summed E-state index contributed by atoms with van der Waals surface area (Å²) in [4.78, 5) is 28.6. The minimum Gasteiger partial charge on any atom is -0.462 e. The molecule has 1 N–H and O–H groups in total. The number of alkyl halides is 3. The molecule has 1 aliphatic heterocycles. The minimum atomic E-state index is -4.71. The summed E-state index contributed by atoms with van der Waals surface area (Å²) < 4.78 is 58.4. The Hall–Kier alpha value is -2.06. The van der Waals surface area contributed by atoms with Gasteiger partial charge in [0, 0.05) is 5.41 Å². The average Bonchev–Trinajstić information content (AvgIpc) is 2.69. The van der Waals surface area contributed by atoms with Crippen molar-refractivity contribution in [2.75, 3.05) is 19.8 Å². The van der Waals surface area contributed by atoms with Crippen LogP contribution in [0.4, 0.5) is 13.2 Å². The van der Waals surface area contributed by atoms with Gasteiger partial charge < -0.3 is 4.74 Å². The van der Waals surface area contributed by atoms with E-state index < -0.39 is 31.1 Å². The number of aryl methyl sites for hydroxylation is 2. The molecule has 0 radical (unpaired) electrons. The summed E-state index contributed by atoms with van der Waals surface area (Å²) in [6.45, 7) is 8.66. The zero-order valence-corrected chi connectivity index (χ0v) is 19.4. The van der Waals surface area contributed by atoms with Crippen molar-refractivity contribution in [3.63, 3.8) is 0 Å². The predicted octanol–water partition coefficient (Wildman–Crippen LogP) is 5.01. The highest BCUT2D eigenvalue weighted by Gasteiger charge is 2.55. The Kier molecular flexibility index (Phi) is 6.69. The van der Waals surface area contributed by atoms with Gasteiger partial charge in [-0.25, -0.2) is 4.79 Å². The number of esters is 1. The molecule has 1 aliphatic rings. The van der Waals surface area contributed by atoms with Crippen molar-refractivity contribution in [3.05, 3.63) is 46.8 Å². The van der Waals surface area contributed by atoms with Crippen LogP contribution >= 0.6 is 7.94 Å². The number of benzene rings is 1. The first-order valence-electron chi connectivity index (χ1n) is 10.1. The van der Waals surface area contributed by atoms with Crippen molar-refractivity contribution in [3.8, 4) is 11.1 Å². The molecule has 2 heterocycles. The lowest BCUT2D eigenvalue weighted by atomic mass is 9.93. The van der Waals surface area contributed by atoms with Crippen LogP contribution in [0.25, 0.3) is 11.1 Å². The fourth-order valence-electron chi connectivity index (χ4n) is 3.58. The molecule has 0 bridgehead atoms. The van der Waals surface area contributed by atoms with E-state index in [-0.39, 0.29) is 53.2 Å². The summed E-state index contributed by atoms with van der Waals surface area (Å²) >= 11 is 0. The van der Waals surface area contributed by atoms with Gasteiger partial charge in [-0.15, -0.1) is 0 Å². The Morgan fingerprint density at radius 3 is 2.34 bits per heavy atom. The van der Waals surface area contributed by atoms with E-state index in [4.69, 9.17) is 13.8 Å². The number of ether oxygens (including phenoxy) is 1. The molecule has 0 saturated carbocycles. The summed E-state index contributed by atoms with van der Waals surface area (Å²) in [6.07, 6.45) is -4.71. The number of rotatable bonds is 4. The van der Waals surface area contributed by atoms with Gasteiger partial charge in [-0.2, -0.15) is 27.1 Å². The van der Waals surface area contributed by atoms with Gasteiger partial charge in [0.05, 0.1) is 34.7 Å². The molecule has 1 aromatic heterocycles. The van der Waals surface area contributed by atoms with Gasteiger partial charge in [-0.3, -0.25) is 4.98 Å². The summed E-state index contributed by atoms with van der Waals surface area (Å²) in [7, 11) is -3.85. The highest BCUT2D eigenvalue weighted by Crippen LogP contribution is 2.62. The highest BCUT2D eigenvalue weighted by molar-refractivity contribution is 7.69. The standard InChI is InChI=1S/C22H26F3NO5P/c1-6-29-20(27)17-13(2)26-14(3)19(32(28)30-11-21(4,5)12-31-32)18(17)15-9-7-8-10-16(15)22(23,24)25/h7-10,28H,6,11-12H2,1-5H3/q+1. The van der Waals surface area contributed by atoms with E-state index in [9.17, 15) is 22.9 Å². The Balaban J connectivity index is 2.40. The lowest BCUT2D eigenvalue weighted by Crippen LogP contribution is -2.36. The maximum Gasteiger partial charge on any atom is 0.448 e. The van der Waals surface area contributed by atoms with Crippen molar-refractivity contribution in [1.82, 2.24) is 4.98 Å². The normalized spacial score (nSPS) is 17.8. The number of pyridine rings is 1. The molecule has 32 heavy (non-hydrogen) atoms. The molecule has 1 saturated heterocycles. The molecule has 1 fully saturated rings. The highest BCUT2D eigenvalue weighted by atomic mass is 31.2. The fourth-order valence-corrected chi connectivity index (χ4v) is 5.94. The van der Waals surface area contributed by atoms with E-state index >= 15 is 0 Å². The van der Waals surface area contributed by atoms with E-state index in [1.807, 2.05) is 13.8 Å². The second-order valence-corrected chi connectivity index (χ2v) is 10.4. The summed E-state index contributed by atoms with van der Waals surface area (Å²) in [6, 6.07) is 4.87. The quantitative estimate of drug-likeness (QED) is 0.498. The van der Waals surface area contributed by atoms with Crippen molar-refractivity contribution < 1.29 is 36.6 Å². The van der Waals surface area contributed by atoms with Gasteiger partial charge in [-0.1, -0.05) is 32.0 Å². The molecular formula is C22H26F3NO5P+. The van der Waals surface area contributed by atoms with Crippen LogP contribution < -0.4 is 5.30 Å². The summed E-state index contributed by atoms with van der Waals surface area (Å²) in [5.41, 5.74) is -1.52. The Bertz CT molecular complexity index is 1030. The van der Waals surface area contributed by atoms with Gasteiger partial charge in [0.1, 0.15) is 13.2 Å². The molecule has 6 nitrogen and oxygen atoms in total. The second-order valence-electron chi connectivity index (χ2n) is 8.38. The van der Waals surface area contributed by atoms with E-state index in [1.54, 1.807) is 13.8 Å². The van der Waals surface area contributed by atoms with E-state index in [0.29, 0.717) is 0 Å². The smallest absolute Gasteiger partial charge is 0.448 e. The van der Waals surface area contributed by atoms with Gasteiger partial charge in [0.15, 0.2) is 0 Å². The third kappa shape index (κ3) is 4.66. The monoisotopic (exact) mass is 472 g/mol. The fraction of sp³-hybridized carbons (Fsp3) is 0.455. The third-order valence-electron chi connectivity index (χ3n) is 5.05. The van der Waals surface area contributed by atoms with Crippen LogP contribution in [0.3, 0.4) is 0 Å². The summed E-state index contributed by atoms with van der Waals surface area (Å²) in [5, 5.41) is -0.0432. The van der Waals surface area contributed by atoms with Crippen LogP contribution in [0.15, 0.2) is 24.3 Å². The van der Waals surface area contributed by atoms with Crippen LogP contribution in [0.2, 0.25) is 0 Å². The topological polar surface area (TPSA) is 77.9 Å². The number of halogens is 3. The number of aromatic nitrogens is 1. The van der Waals surface area contributed by atoms with E-state index in [2.05, 4.69) is 4.98 Å². The van der Waals surface area contributed by atoms with E-state index in [1.165, 1.54) is 25.1 Å². The van der Waals surface area contributed by atoms with Crippen LogP contribution in [-0.4, -0.2) is 35.7 Å². The van der Waals surface area contributed by atoms with Crippen LogP contribution in [0, 0.1) is 19.3 Å². The molecule has 1 aromatic carbocycles. The molecule has 10 heteroatoms. The van der Waals surface area contributed by atoms with Crippen molar-refractivity contribution in [2.24, 2.45) is 5.41 Å². The lowest BCUT2D eigenvalue weighted by Gasteiger charge is -2.33. The maximum absolute atomic E-state index is 13.9.